The maximum atomic E-state index is 10.8. The van der Waals surface area contributed by atoms with Crippen molar-refractivity contribution in [1.29, 1.82) is 0 Å². The molecule has 0 radical (unpaired) electrons. The quantitative estimate of drug-likeness (QED) is 0.932. The average Bonchev–Trinajstić information content (AvgIpc) is 2.54. The van der Waals surface area contributed by atoms with Crippen molar-refractivity contribution in [2.45, 2.75) is 25.7 Å². The molecule has 0 unspecified atom stereocenters. The molecule has 1 heterocycles. The van der Waals surface area contributed by atoms with Crippen LogP contribution in [-0.2, 0) is 11.3 Å². The number of nitrogens with zero attached hydrogens (tertiary/aromatic N) is 1. The number of carbonyl (C=O) groups is 1. The second-order valence-corrected chi connectivity index (χ2v) is 5.83. The van der Waals surface area contributed by atoms with Gasteiger partial charge in [0, 0.05) is 13.1 Å². The highest BCUT2D eigenvalue weighted by Crippen LogP contribution is 2.38. The van der Waals surface area contributed by atoms with Gasteiger partial charge in [0.05, 0.1) is 7.11 Å². The van der Waals surface area contributed by atoms with Gasteiger partial charge in [0.2, 0.25) is 0 Å². The number of benzene rings is 1. The number of hydrogen-bond acceptors (Lipinski definition) is 4. The van der Waals surface area contributed by atoms with Gasteiger partial charge in [-0.15, -0.1) is 5.06 Å². The topological polar surface area (TPSA) is 64.8 Å². The maximum absolute atomic E-state index is 10.8. The molecule has 1 aromatic rings. The fourth-order valence-electron chi connectivity index (χ4n) is 3.43. The molecule has 22 heavy (non-hydrogen) atoms. The Morgan fingerprint density at radius 2 is 2.09 bits per heavy atom. The standard InChI is InChI=1S/C17H22N2O3/c1-21-14-6-5-12-3-2-4-15(16(12)11-14)13-7-9-19(10-8-13)22-17(18)20/h4-6,11,13H,2-3,7-10H2,1H3,(H2,18,20). The first-order valence-electron chi connectivity index (χ1n) is 7.77. The number of hydroxylamine groups is 2. The number of primary amides is 1. The van der Waals surface area contributed by atoms with Gasteiger partial charge in [-0.05, 0) is 60.4 Å². The van der Waals surface area contributed by atoms with Gasteiger partial charge in [0.15, 0.2) is 0 Å². The van der Waals surface area contributed by atoms with Crippen molar-refractivity contribution < 1.29 is 14.4 Å². The van der Waals surface area contributed by atoms with E-state index in [0.717, 1.165) is 44.5 Å². The largest absolute Gasteiger partial charge is 0.497 e. The van der Waals surface area contributed by atoms with Crippen LogP contribution >= 0.6 is 0 Å². The van der Waals surface area contributed by atoms with Crippen molar-refractivity contribution >= 4 is 11.7 Å². The first-order valence-corrected chi connectivity index (χ1v) is 7.77. The number of aryl methyl sites for hydroxylation is 1. The summed E-state index contributed by atoms with van der Waals surface area (Å²) in [5, 5.41) is 1.66. The van der Waals surface area contributed by atoms with Gasteiger partial charge < -0.3 is 15.3 Å². The lowest BCUT2D eigenvalue weighted by molar-refractivity contribution is -0.111. The number of fused-ring (bicyclic) bond motifs is 1. The van der Waals surface area contributed by atoms with Crippen molar-refractivity contribution in [2.75, 3.05) is 20.2 Å². The Bertz CT molecular complexity index is 590. The van der Waals surface area contributed by atoms with Crippen LogP contribution < -0.4 is 10.5 Å². The fourth-order valence-corrected chi connectivity index (χ4v) is 3.43. The first-order chi connectivity index (χ1) is 10.7. The Hall–Kier alpha value is -2.01. The highest BCUT2D eigenvalue weighted by atomic mass is 16.7. The molecule has 2 N–H and O–H groups in total. The monoisotopic (exact) mass is 302 g/mol. The number of ether oxygens (including phenoxy) is 1. The van der Waals surface area contributed by atoms with Crippen LogP contribution in [0.5, 0.6) is 5.75 Å². The highest BCUT2D eigenvalue weighted by Gasteiger charge is 2.27. The van der Waals surface area contributed by atoms with Gasteiger partial charge in [-0.1, -0.05) is 12.1 Å². The zero-order valence-electron chi connectivity index (χ0n) is 12.9. The molecule has 0 bridgehead atoms. The number of hydrogen-bond donors (Lipinski definition) is 1. The van der Waals surface area contributed by atoms with Gasteiger partial charge >= 0.3 is 6.09 Å². The summed E-state index contributed by atoms with van der Waals surface area (Å²) in [6.45, 7) is 1.45. The van der Waals surface area contributed by atoms with Crippen molar-refractivity contribution in [3.63, 3.8) is 0 Å². The van der Waals surface area contributed by atoms with E-state index < -0.39 is 6.09 Å². The van der Waals surface area contributed by atoms with Crippen LogP contribution in [0.1, 0.15) is 30.4 Å². The molecule has 1 aliphatic heterocycles. The number of amides is 1. The van der Waals surface area contributed by atoms with E-state index in [4.69, 9.17) is 15.3 Å². The molecule has 1 fully saturated rings. The third kappa shape index (κ3) is 3.09. The molecule has 5 nitrogen and oxygen atoms in total. The van der Waals surface area contributed by atoms with Gasteiger partial charge in [-0.2, -0.15) is 0 Å². The van der Waals surface area contributed by atoms with Crippen LogP contribution in [0.25, 0.3) is 5.57 Å². The highest BCUT2D eigenvalue weighted by molar-refractivity contribution is 5.73. The molecule has 1 saturated heterocycles. The van der Waals surface area contributed by atoms with E-state index in [-0.39, 0.29) is 0 Å². The first kappa shape index (κ1) is 14.9. The van der Waals surface area contributed by atoms with E-state index in [2.05, 4.69) is 18.2 Å². The number of allylic oxidation sites excluding steroid dienone is 2. The maximum Gasteiger partial charge on any atom is 0.423 e. The van der Waals surface area contributed by atoms with E-state index in [0.29, 0.717) is 5.92 Å². The summed E-state index contributed by atoms with van der Waals surface area (Å²) in [6, 6.07) is 6.35. The zero-order valence-corrected chi connectivity index (χ0v) is 12.9. The van der Waals surface area contributed by atoms with Crippen LogP contribution in [0.15, 0.2) is 24.3 Å². The zero-order chi connectivity index (χ0) is 15.5. The molecule has 3 rings (SSSR count). The van der Waals surface area contributed by atoms with Crippen LogP contribution in [0.3, 0.4) is 0 Å². The Labute approximate surface area is 130 Å². The lowest BCUT2D eigenvalue weighted by Gasteiger charge is -2.33. The van der Waals surface area contributed by atoms with Crippen molar-refractivity contribution in [3.8, 4) is 5.75 Å². The molecular weight excluding hydrogens is 280 g/mol. The molecule has 118 valence electrons. The summed E-state index contributed by atoms with van der Waals surface area (Å²) < 4.78 is 5.37. The van der Waals surface area contributed by atoms with E-state index in [1.165, 1.54) is 16.7 Å². The van der Waals surface area contributed by atoms with Crippen molar-refractivity contribution in [3.05, 3.63) is 35.4 Å². The predicted molar refractivity (Wildman–Crippen MR) is 84.3 cm³/mol. The molecule has 1 aliphatic carbocycles. The Morgan fingerprint density at radius 1 is 1.32 bits per heavy atom. The van der Waals surface area contributed by atoms with Crippen LogP contribution in [0.2, 0.25) is 0 Å². The van der Waals surface area contributed by atoms with E-state index in [1.807, 2.05) is 6.07 Å². The second kappa shape index (κ2) is 6.40. The number of carbonyl (C=O) groups excluding carboxylic acids is 1. The molecule has 1 amide bonds. The average molecular weight is 302 g/mol. The summed E-state index contributed by atoms with van der Waals surface area (Å²) in [5.74, 6) is 1.40. The normalized spacial score (nSPS) is 19.2. The van der Waals surface area contributed by atoms with Crippen LogP contribution in [0, 0.1) is 5.92 Å². The molecule has 2 aliphatic rings. The fraction of sp³-hybridized carbons (Fsp3) is 0.471. The van der Waals surface area contributed by atoms with Crippen molar-refractivity contribution in [1.82, 2.24) is 5.06 Å². The third-order valence-electron chi connectivity index (χ3n) is 4.52. The smallest absolute Gasteiger partial charge is 0.423 e. The number of methoxy groups -OCH3 is 1. The Kier molecular flexibility index (Phi) is 4.34. The molecule has 0 aromatic heterocycles. The van der Waals surface area contributed by atoms with E-state index in [9.17, 15) is 4.79 Å². The minimum Gasteiger partial charge on any atom is -0.497 e. The Balaban J connectivity index is 1.74. The molecular formula is C17H22N2O3. The SMILES string of the molecule is COc1ccc2c(c1)C(C1CCN(OC(N)=O)CC1)=CCC2. The lowest BCUT2D eigenvalue weighted by Crippen LogP contribution is -2.37. The summed E-state index contributed by atoms with van der Waals surface area (Å²) in [6.07, 6.45) is 5.74. The predicted octanol–water partition coefficient (Wildman–Crippen LogP) is 2.75. The van der Waals surface area contributed by atoms with Crippen LogP contribution in [0.4, 0.5) is 4.79 Å². The van der Waals surface area contributed by atoms with E-state index >= 15 is 0 Å². The minimum atomic E-state index is -0.731. The number of nitrogens with two attached hydrogens (primary N) is 1. The molecule has 0 spiro atoms. The van der Waals surface area contributed by atoms with Crippen molar-refractivity contribution in [2.24, 2.45) is 11.7 Å². The number of piperidine rings is 1. The molecule has 1 aromatic carbocycles. The van der Waals surface area contributed by atoms with Crippen LogP contribution in [-0.4, -0.2) is 31.4 Å². The summed E-state index contributed by atoms with van der Waals surface area (Å²) >= 11 is 0. The summed E-state index contributed by atoms with van der Waals surface area (Å²) in [7, 11) is 1.70. The lowest BCUT2D eigenvalue weighted by atomic mass is 9.80. The second-order valence-electron chi connectivity index (χ2n) is 5.83. The summed E-state index contributed by atoms with van der Waals surface area (Å²) in [4.78, 5) is 15.8. The molecule has 5 heteroatoms. The van der Waals surface area contributed by atoms with Gasteiger partial charge in [0.25, 0.3) is 0 Å². The van der Waals surface area contributed by atoms with Gasteiger partial charge in [-0.25, -0.2) is 4.79 Å². The Morgan fingerprint density at radius 3 is 2.77 bits per heavy atom. The third-order valence-corrected chi connectivity index (χ3v) is 4.52. The van der Waals surface area contributed by atoms with E-state index in [1.54, 1.807) is 12.2 Å². The van der Waals surface area contributed by atoms with Gasteiger partial charge in [-0.3, -0.25) is 0 Å². The molecule has 0 saturated carbocycles. The minimum absolute atomic E-state index is 0.499. The number of rotatable bonds is 3. The summed E-state index contributed by atoms with van der Waals surface area (Å²) in [5.41, 5.74) is 9.20. The van der Waals surface area contributed by atoms with Gasteiger partial charge in [0.1, 0.15) is 5.75 Å². The molecule has 0 atom stereocenters.